The van der Waals surface area contributed by atoms with Gasteiger partial charge in [0.25, 0.3) is 0 Å². The second-order valence-electron chi connectivity index (χ2n) is 22.3. The zero-order valence-electron chi connectivity index (χ0n) is 38.9. The molecule has 0 atom stereocenters. The maximum atomic E-state index is 9.66. The predicted octanol–water partition coefficient (Wildman–Crippen LogP) is 10.2. The molecule has 0 amide bonds. The average Bonchev–Trinajstić information content (AvgIpc) is 2.85. The van der Waals surface area contributed by atoms with Crippen LogP contribution in [0.2, 0.25) is 0 Å². The first-order valence-electron chi connectivity index (χ1n) is 18.6. The zero-order chi connectivity index (χ0) is 43.4. The van der Waals surface area contributed by atoms with Gasteiger partial charge in [-0.05, 0) is 166 Å². The fraction of sp³-hybridized carbons (Fsp3) is 0.818. The summed E-state index contributed by atoms with van der Waals surface area (Å²) in [6.07, 6.45) is 1.14. The van der Waals surface area contributed by atoms with Gasteiger partial charge in [0.15, 0.2) is 25.7 Å². The molecular formula is C44H88O8Zr+8. The third kappa shape index (κ3) is 30.2. The van der Waals surface area contributed by atoms with Crippen molar-refractivity contribution >= 4 is 46.3 Å². The molecule has 308 valence electrons. The van der Waals surface area contributed by atoms with Gasteiger partial charge in [0.1, 0.15) is 0 Å². The van der Waals surface area contributed by atoms with Gasteiger partial charge in [0.05, 0.1) is 43.3 Å². The molecule has 8 N–H and O–H groups in total. The third-order valence-corrected chi connectivity index (χ3v) is 8.27. The van der Waals surface area contributed by atoms with Gasteiger partial charge < -0.3 is 0 Å². The third-order valence-electron chi connectivity index (χ3n) is 8.27. The molecule has 0 rings (SSSR count). The van der Waals surface area contributed by atoms with Crippen LogP contribution in [0.3, 0.4) is 0 Å². The predicted molar refractivity (Wildman–Crippen MR) is 230 cm³/mol. The summed E-state index contributed by atoms with van der Waals surface area (Å²) in [6.45, 7) is 46.3. The smallest absolute Gasteiger partial charge is 0.282 e. The first kappa shape index (κ1) is 60.5. The summed E-state index contributed by atoms with van der Waals surface area (Å²) >= 11 is 0. The molecule has 0 aliphatic rings. The standard InChI is InChI=1S/4C11H20O2.Zr/c4*1-10(2,3)8(12)7-9(13)11(4,5)6;/h4*7H2,1-6H3;/p+8. The molecule has 9 heteroatoms. The largest absolute Gasteiger partial charge is 0.311 e. The first-order chi connectivity index (χ1) is 22.2. The van der Waals surface area contributed by atoms with Gasteiger partial charge in [-0.3, -0.25) is 38.4 Å². The van der Waals surface area contributed by atoms with Crippen molar-refractivity contribution in [2.75, 3.05) is 0 Å². The monoisotopic (exact) mass is 835 g/mol. The summed E-state index contributed by atoms with van der Waals surface area (Å²) in [5, 5.41) is 0. The zero-order valence-corrected chi connectivity index (χ0v) is 41.4. The van der Waals surface area contributed by atoms with E-state index in [4.69, 9.17) is 0 Å². The van der Waals surface area contributed by atoms with E-state index in [1.54, 1.807) is 0 Å². The molecule has 53 heavy (non-hydrogen) atoms. The van der Waals surface area contributed by atoms with Crippen LogP contribution in [0.5, 0.6) is 0 Å². The van der Waals surface area contributed by atoms with E-state index in [-0.39, 0.29) is 95.2 Å². The van der Waals surface area contributed by atoms with Crippen molar-refractivity contribution in [1.82, 2.24) is 0 Å². The van der Waals surface area contributed by atoms with Crippen molar-refractivity contribution in [3.63, 3.8) is 0 Å². The van der Waals surface area contributed by atoms with Crippen LogP contribution in [-0.2, 0) is 26.2 Å². The molecule has 0 aromatic heterocycles. The molecule has 0 fully saturated rings. The summed E-state index contributed by atoms with van der Waals surface area (Å²) in [4.78, 5) is 77.2. The fourth-order valence-corrected chi connectivity index (χ4v) is 2.76. The van der Waals surface area contributed by atoms with Crippen LogP contribution in [0.25, 0.3) is 0 Å². The number of hydrogen-bond donors (Lipinski definition) is 0. The Hall–Kier alpha value is -1.76. The van der Waals surface area contributed by atoms with E-state index in [9.17, 15) is 38.4 Å². The molecule has 0 aliphatic heterocycles. The van der Waals surface area contributed by atoms with E-state index in [1.807, 2.05) is 166 Å². The van der Waals surface area contributed by atoms with Crippen molar-refractivity contribution in [2.24, 2.45) is 43.3 Å². The molecule has 0 aliphatic carbocycles. The second-order valence-corrected chi connectivity index (χ2v) is 22.3. The molecule has 0 saturated heterocycles. The summed E-state index contributed by atoms with van der Waals surface area (Å²) in [7, 11) is 0. The van der Waals surface area contributed by atoms with Crippen LogP contribution >= 0.6 is 0 Å². The van der Waals surface area contributed by atoms with Crippen molar-refractivity contribution in [3.05, 3.63) is 0 Å². The maximum absolute atomic E-state index is 9.66. The van der Waals surface area contributed by atoms with Crippen LogP contribution in [-0.4, -0.2) is 84.6 Å². The number of rotatable bonds is 8. The first-order valence-corrected chi connectivity index (χ1v) is 18.6. The number of carbonyl (C=O) groups excluding carboxylic acids is 8. The molecule has 0 bridgehead atoms. The van der Waals surface area contributed by atoms with Gasteiger partial charge in [-0.25, -0.2) is 0 Å². The van der Waals surface area contributed by atoms with Gasteiger partial charge in [0, 0.05) is 26.2 Å². The Balaban J connectivity index is -0.000000192. The van der Waals surface area contributed by atoms with Crippen LogP contribution in [0.4, 0.5) is 0 Å². The normalized spacial score (nSPS) is 12.5. The van der Waals surface area contributed by atoms with E-state index in [0.29, 0.717) is 46.3 Å². The van der Waals surface area contributed by atoms with Crippen molar-refractivity contribution in [3.8, 4) is 0 Å². The Kier molecular flexibility index (Phi) is 25.2. The van der Waals surface area contributed by atoms with Gasteiger partial charge >= 0.3 is 46.3 Å². The van der Waals surface area contributed by atoms with Gasteiger partial charge in [0.2, 0.25) is 0 Å². The molecule has 0 aromatic carbocycles. The quantitative estimate of drug-likeness (QED) is 0.168. The van der Waals surface area contributed by atoms with E-state index in [1.165, 1.54) is 0 Å². The van der Waals surface area contributed by atoms with Crippen molar-refractivity contribution < 1.29 is 64.6 Å². The van der Waals surface area contributed by atoms with Crippen molar-refractivity contribution in [2.45, 2.75) is 192 Å². The van der Waals surface area contributed by atoms with E-state index >= 15 is 0 Å². The summed E-state index contributed by atoms with van der Waals surface area (Å²) in [6, 6.07) is 0. The topological polar surface area (TPSA) is 171 Å². The van der Waals surface area contributed by atoms with Crippen LogP contribution in [0, 0.1) is 43.3 Å². The average molecular weight is 836 g/mol. The summed E-state index contributed by atoms with van der Waals surface area (Å²) in [5.74, 6) is 2.67. The fourth-order valence-electron chi connectivity index (χ4n) is 2.76. The van der Waals surface area contributed by atoms with Crippen LogP contribution < -0.4 is 0 Å². The summed E-state index contributed by atoms with van der Waals surface area (Å²) < 4.78 is 0. The molecule has 0 spiro atoms. The SMILES string of the molecule is CC(C)(C)C(=[OH+])CC(=[OH+])C(C)(C)C.CC(C)(C)C(=[OH+])CC(=[OH+])C(C)(C)C.CC(C)(C)C(=[OH+])CC(=[OH+])C(C)(C)C.CC(C)(C)C(=[OH+])CC(=[OH+])C(C)(C)C.[Zr]. The molecule has 0 aromatic rings. The molecule has 0 unspecified atom stereocenters. The Morgan fingerprint density at radius 2 is 0.264 bits per heavy atom. The van der Waals surface area contributed by atoms with Crippen LogP contribution in [0.1, 0.15) is 192 Å². The second kappa shape index (κ2) is 22.1. The van der Waals surface area contributed by atoms with Gasteiger partial charge in [-0.2, -0.15) is 0 Å². The van der Waals surface area contributed by atoms with Crippen LogP contribution in [0.15, 0.2) is 0 Å². The van der Waals surface area contributed by atoms with E-state index in [0.717, 1.165) is 0 Å². The number of ketones is 8. The molecule has 0 heterocycles. The van der Waals surface area contributed by atoms with Gasteiger partial charge in [-0.15, -0.1) is 0 Å². The molecular weight excluding hydrogens is 748 g/mol. The molecule has 0 radical (unpaired) electrons. The Bertz CT molecular complexity index is 964. The van der Waals surface area contributed by atoms with Crippen molar-refractivity contribution in [1.29, 1.82) is 0 Å². The Morgan fingerprint density at radius 1 is 0.208 bits per heavy atom. The minimum Gasteiger partial charge on any atom is -0.282 e. The van der Waals surface area contributed by atoms with E-state index in [2.05, 4.69) is 0 Å². The van der Waals surface area contributed by atoms with E-state index < -0.39 is 0 Å². The molecule has 8 nitrogen and oxygen atoms in total. The Morgan fingerprint density at radius 3 is 0.302 bits per heavy atom. The minimum atomic E-state index is -0.251. The Labute approximate surface area is 344 Å². The maximum Gasteiger partial charge on any atom is 0.311 e. The minimum absolute atomic E-state index is 0. The van der Waals surface area contributed by atoms with Gasteiger partial charge in [-0.1, -0.05) is 0 Å². The summed E-state index contributed by atoms with van der Waals surface area (Å²) in [5.41, 5.74) is -2.01. The molecule has 0 saturated carbocycles. The number of hydrogen-bond acceptors (Lipinski definition) is 0.